The molecule has 2 nitrogen and oxygen atoms in total. The van der Waals surface area contributed by atoms with E-state index in [9.17, 15) is 17.6 Å². The van der Waals surface area contributed by atoms with Gasteiger partial charge >= 0.3 is 6.36 Å². The van der Waals surface area contributed by atoms with Crippen LogP contribution in [-0.2, 0) is 0 Å². The molecule has 0 aromatic heterocycles. The second kappa shape index (κ2) is 5.03. The molecule has 2 aromatic rings. The van der Waals surface area contributed by atoms with Crippen LogP contribution in [0.4, 0.5) is 23.2 Å². The molecule has 2 N–H and O–H groups in total. The zero-order valence-electron chi connectivity index (χ0n) is 10.5. The van der Waals surface area contributed by atoms with Crippen molar-refractivity contribution in [3.63, 3.8) is 0 Å². The molecule has 106 valence electrons. The van der Waals surface area contributed by atoms with Crippen molar-refractivity contribution in [1.82, 2.24) is 0 Å². The number of nitrogen functional groups attached to an aromatic ring is 1. The Kier molecular flexibility index (Phi) is 3.57. The van der Waals surface area contributed by atoms with Crippen molar-refractivity contribution >= 4 is 5.69 Å². The number of hydrogen-bond acceptors (Lipinski definition) is 2. The third-order valence-electron chi connectivity index (χ3n) is 2.82. The van der Waals surface area contributed by atoms with E-state index in [2.05, 4.69) is 4.74 Å². The minimum atomic E-state index is -4.93. The van der Waals surface area contributed by atoms with Gasteiger partial charge in [-0.1, -0.05) is 30.3 Å². The molecule has 0 fully saturated rings. The number of nitrogens with two attached hydrogens (primary N) is 1. The van der Waals surface area contributed by atoms with Gasteiger partial charge in [-0.05, 0) is 24.1 Å². The summed E-state index contributed by atoms with van der Waals surface area (Å²) in [5.41, 5.74) is 5.70. The minimum absolute atomic E-state index is 0.132. The molecule has 0 saturated heterocycles. The van der Waals surface area contributed by atoms with E-state index in [4.69, 9.17) is 5.73 Å². The van der Waals surface area contributed by atoms with Crippen LogP contribution in [0.2, 0.25) is 0 Å². The summed E-state index contributed by atoms with van der Waals surface area (Å²) in [5.74, 6) is -1.65. The smallest absolute Gasteiger partial charge is 0.403 e. The normalized spacial score (nSPS) is 11.4. The summed E-state index contributed by atoms with van der Waals surface area (Å²) < 4.78 is 54.7. The number of alkyl halides is 3. The van der Waals surface area contributed by atoms with Crippen LogP contribution in [0.5, 0.6) is 5.75 Å². The van der Waals surface area contributed by atoms with Gasteiger partial charge in [-0.2, -0.15) is 0 Å². The molecule has 2 aromatic carbocycles. The first-order chi connectivity index (χ1) is 9.29. The highest BCUT2D eigenvalue weighted by Gasteiger charge is 2.34. The molecule has 0 aliphatic rings. The molecule has 0 bridgehead atoms. The molecule has 20 heavy (non-hydrogen) atoms. The first-order valence-electron chi connectivity index (χ1n) is 5.69. The van der Waals surface area contributed by atoms with Gasteiger partial charge in [0.2, 0.25) is 0 Å². The lowest BCUT2D eigenvalue weighted by atomic mass is 9.99. The first-order valence-corrected chi connectivity index (χ1v) is 5.69. The Morgan fingerprint density at radius 2 is 1.70 bits per heavy atom. The average Bonchev–Trinajstić information content (AvgIpc) is 2.39. The quantitative estimate of drug-likeness (QED) is 0.660. The zero-order chi connectivity index (χ0) is 14.9. The minimum Gasteiger partial charge on any atom is -0.403 e. The van der Waals surface area contributed by atoms with Gasteiger partial charge in [0.15, 0.2) is 11.6 Å². The predicted molar refractivity (Wildman–Crippen MR) is 67.7 cm³/mol. The fourth-order valence-corrected chi connectivity index (χ4v) is 1.91. The number of ether oxygens (including phenoxy) is 1. The van der Waals surface area contributed by atoms with Crippen LogP contribution in [0.25, 0.3) is 11.1 Å². The maximum atomic E-state index is 13.7. The van der Waals surface area contributed by atoms with Gasteiger partial charge in [0.1, 0.15) is 5.69 Å². The van der Waals surface area contributed by atoms with Crippen LogP contribution in [-0.4, -0.2) is 6.36 Å². The maximum Gasteiger partial charge on any atom is 0.573 e. The highest BCUT2D eigenvalue weighted by atomic mass is 19.4. The Bertz CT molecular complexity index is 623. The first kappa shape index (κ1) is 14.2. The molecule has 2 rings (SSSR count). The summed E-state index contributed by atoms with van der Waals surface area (Å²) in [6.45, 7) is 1.40. The van der Waals surface area contributed by atoms with Gasteiger partial charge < -0.3 is 10.5 Å². The van der Waals surface area contributed by atoms with E-state index in [1.807, 2.05) is 0 Å². The van der Waals surface area contributed by atoms with Gasteiger partial charge in [-0.15, -0.1) is 13.2 Å². The third kappa shape index (κ3) is 2.84. The third-order valence-corrected chi connectivity index (χ3v) is 2.82. The van der Waals surface area contributed by atoms with Gasteiger partial charge in [0.05, 0.1) is 0 Å². The van der Waals surface area contributed by atoms with Crippen LogP contribution in [0.3, 0.4) is 0 Å². The van der Waals surface area contributed by atoms with Crippen LogP contribution < -0.4 is 10.5 Å². The van der Waals surface area contributed by atoms with Crippen molar-refractivity contribution in [3.8, 4) is 16.9 Å². The predicted octanol–water partition coefficient (Wildman–Crippen LogP) is 4.28. The molecule has 0 atom stereocenters. The maximum absolute atomic E-state index is 13.7. The largest absolute Gasteiger partial charge is 0.573 e. The van der Waals surface area contributed by atoms with Crippen LogP contribution in [0, 0.1) is 12.7 Å². The molecule has 0 unspecified atom stereocenters. The van der Waals surface area contributed by atoms with Gasteiger partial charge in [0, 0.05) is 5.56 Å². The second-order valence-corrected chi connectivity index (χ2v) is 4.19. The van der Waals surface area contributed by atoms with Gasteiger partial charge in [-0.3, -0.25) is 0 Å². The Morgan fingerprint density at radius 3 is 2.25 bits per heavy atom. The van der Waals surface area contributed by atoms with Crippen molar-refractivity contribution in [2.45, 2.75) is 13.3 Å². The molecule has 0 aliphatic carbocycles. The second-order valence-electron chi connectivity index (χ2n) is 4.19. The summed E-state index contributed by atoms with van der Waals surface area (Å²) >= 11 is 0. The summed E-state index contributed by atoms with van der Waals surface area (Å²) in [6, 6.07) is 9.58. The Hall–Kier alpha value is -2.24. The number of halogens is 4. The van der Waals surface area contributed by atoms with Crippen molar-refractivity contribution in [2.75, 3.05) is 5.73 Å². The average molecular weight is 285 g/mol. The van der Waals surface area contributed by atoms with Crippen LogP contribution in [0.15, 0.2) is 36.4 Å². The molecule has 0 spiro atoms. The van der Waals surface area contributed by atoms with Crippen molar-refractivity contribution in [3.05, 3.63) is 47.8 Å². The summed E-state index contributed by atoms with van der Waals surface area (Å²) in [7, 11) is 0. The lowest BCUT2D eigenvalue weighted by Gasteiger charge is -2.17. The molecule has 0 radical (unpaired) electrons. The van der Waals surface area contributed by atoms with Crippen LogP contribution in [0.1, 0.15) is 5.56 Å². The Balaban J connectivity index is 2.61. The molecular formula is C14H11F4NO. The van der Waals surface area contributed by atoms with E-state index in [0.29, 0.717) is 11.1 Å². The topological polar surface area (TPSA) is 35.2 Å². The summed E-state index contributed by atoms with van der Waals surface area (Å²) in [4.78, 5) is 0. The molecule has 6 heteroatoms. The van der Waals surface area contributed by atoms with E-state index in [1.54, 1.807) is 30.3 Å². The number of rotatable bonds is 2. The summed E-state index contributed by atoms with van der Waals surface area (Å²) in [6.07, 6.45) is -4.93. The molecule has 0 amide bonds. The van der Waals surface area contributed by atoms with Crippen LogP contribution >= 0.6 is 0 Å². The van der Waals surface area contributed by atoms with Crippen molar-refractivity contribution in [2.24, 2.45) is 0 Å². The van der Waals surface area contributed by atoms with E-state index in [-0.39, 0.29) is 5.56 Å². The molecule has 0 heterocycles. The van der Waals surface area contributed by atoms with E-state index < -0.39 is 23.6 Å². The number of anilines is 1. The van der Waals surface area contributed by atoms with E-state index >= 15 is 0 Å². The fraction of sp³-hybridized carbons (Fsp3) is 0.143. The van der Waals surface area contributed by atoms with E-state index in [0.717, 1.165) is 6.07 Å². The Morgan fingerprint density at radius 1 is 1.10 bits per heavy atom. The SMILES string of the molecule is Cc1c(-c2ccccc2)cc(F)c(N)c1OC(F)(F)F. The fourth-order valence-electron chi connectivity index (χ4n) is 1.91. The number of benzene rings is 2. The molecular weight excluding hydrogens is 274 g/mol. The van der Waals surface area contributed by atoms with Crippen molar-refractivity contribution < 1.29 is 22.3 Å². The Labute approximate surface area is 112 Å². The monoisotopic (exact) mass is 285 g/mol. The lowest BCUT2D eigenvalue weighted by Crippen LogP contribution is -2.19. The van der Waals surface area contributed by atoms with Gasteiger partial charge in [-0.25, -0.2) is 4.39 Å². The highest BCUT2D eigenvalue weighted by molar-refractivity contribution is 5.75. The van der Waals surface area contributed by atoms with Gasteiger partial charge in [0.25, 0.3) is 0 Å². The standard InChI is InChI=1S/C14H11F4NO/c1-8-10(9-5-3-2-4-6-9)7-11(15)12(19)13(8)20-14(16,17)18/h2-7H,19H2,1H3. The van der Waals surface area contributed by atoms with Crippen molar-refractivity contribution in [1.29, 1.82) is 0 Å². The molecule has 0 saturated carbocycles. The lowest BCUT2D eigenvalue weighted by molar-refractivity contribution is -0.274. The molecule has 0 aliphatic heterocycles. The highest BCUT2D eigenvalue weighted by Crippen LogP contribution is 2.39. The van der Waals surface area contributed by atoms with E-state index in [1.165, 1.54) is 6.92 Å². The zero-order valence-corrected chi connectivity index (χ0v) is 10.5. The number of hydrogen-bond donors (Lipinski definition) is 1. The summed E-state index contributed by atoms with van der Waals surface area (Å²) in [5, 5.41) is 0.